The Hall–Kier alpha value is -2.54. The van der Waals surface area contributed by atoms with E-state index < -0.39 is 10.8 Å². The number of carbonyl (C=O) groups excluding carboxylic acids is 1. The smallest absolute Gasteiger partial charge is 0.227 e. The number of anilines is 1. The summed E-state index contributed by atoms with van der Waals surface area (Å²) >= 11 is 0. The number of nitrogens with zero attached hydrogens (tertiary/aromatic N) is 2. The molecule has 0 bridgehead atoms. The average Bonchev–Trinajstić information content (AvgIpc) is 3.35. The molecule has 2 heterocycles. The highest BCUT2D eigenvalue weighted by atomic mass is 32.3. The zero-order valence-corrected chi connectivity index (χ0v) is 20.5. The van der Waals surface area contributed by atoms with Crippen molar-refractivity contribution in [3.05, 3.63) is 64.7 Å². The van der Waals surface area contributed by atoms with Crippen LogP contribution in [-0.4, -0.2) is 62.7 Å². The minimum absolute atomic E-state index is 0.0284. The molecule has 0 spiro atoms. The van der Waals surface area contributed by atoms with Crippen LogP contribution in [0.5, 0.6) is 0 Å². The second kappa shape index (κ2) is 10.4. The van der Waals surface area contributed by atoms with Crippen LogP contribution in [0.1, 0.15) is 48.1 Å². The average molecular weight is 484 g/mol. The third-order valence-corrected chi connectivity index (χ3v) is 7.64. The van der Waals surface area contributed by atoms with Crippen LogP contribution < -0.4 is 4.72 Å². The Morgan fingerprint density at radius 1 is 1.29 bits per heavy atom. The maximum atomic E-state index is 13.4. The Morgan fingerprint density at radius 3 is 2.85 bits per heavy atom. The number of likely N-dealkylation sites (tertiary alicyclic amines) is 1. The van der Waals surface area contributed by atoms with E-state index in [4.69, 9.17) is 0 Å². The van der Waals surface area contributed by atoms with Crippen LogP contribution in [-0.2, 0) is 17.0 Å². The number of hydrogen-bond acceptors (Lipinski definition) is 6. The quantitative estimate of drug-likeness (QED) is 0.466. The molecule has 1 fully saturated rings. The first-order valence-corrected chi connectivity index (χ1v) is 13.4. The normalized spacial score (nSPS) is 20.6. The van der Waals surface area contributed by atoms with E-state index in [1.165, 1.54) is 0 Å². The molecule has 2 aliphatic rings. The number of amides is 1. The highest BCUT2D eigenvalue weighted by Gasteiger charge is 2.29. The lowest BCUT2D eigenvalue weighted by Gasteiger charge is -2.32. The SMILES string of the molecule is CCC#Cc1cccc([C@@H](CN2CCC(O)C2)N(C)C(=O)Cc2ccc3c(c2)NS(O)(O)C3)c1. The van der Waals surface area contributed by atoms with Gasteiger partial charge >= 0.3 is 0 Å². The standard InChI is InChI=1S/C26H33N3O4S/c1-3-4-6-19-7-5-8-21(13-19)25(17-29-12-11-23(30)16-29)28(2)26(31)15-20-9-10-22-18-34(32,33)27-24(22)14-20/h5,7-10,13-14,23,25,27,30,32-33H,3,11-12,15-18H2,1-2H3/t23?,25-/m1/s1. The number of rotatable bonds is 6. The van der Waals surface area contributed by atoms with Gasteiger partial charge in [0.25, 0.3) is 0 Å². The van der Waals surface area contributed by atoms with Gasteiger partial charge in [-0.1, -0.05) is 43.0 Å². The van der Waals surface area contributed by atoms with Gasteiger partial charge in [-0.05, 0) is 41.3 Å². The molecule has 1 saturated heterocycles. The minimum Gasteiger partial charge on any atom is -0.392 e. The monoisotopic (exact) mass is 483 g/mol. The molecule has 0 saturated carbocycles. The van der Waals surface area contributed by atoms with Crippen molar-refractivity contribution >= 4 is 22.4 Å². The molecule has 1 unspecified atom stereocenters. The van der Waals surface area contributed by atoms with Crippen molar-refractivity contribution in [1.29, 1.82) is 0 Å². The molecule has 0 aromatic heterocycles. The fraction of sp³-hybridized carbons (Fsp3) is 0.423. The molecule has 2 aromatic rings. The van der Waals surface area contributed by atoms with Gasteiger partial charge in [-0.15, -0.1) is 10.8 Å². The summed E-state index contributed by atoms with van der Waals surface area (Å²) in [5.41, 5.74) is 4.29. The van der Waals surface area contributed by atoms with Crippen molar-refractivity contribution in [3.63, 3.8) is 0 Å². The molecule has 1 amide bonds. The Balaban J connectivity index is 1.54. The lowest BCUT2D eigenvalue weighted by Crippen LogP contribution is -2.39. The molecular formula is C26H33N3O4S. The first kappa shape index (κ1) is 24.6. The molecule has 2 aliphatic heterocycles. The van der Waals surface area contributed by atoms with Crippen LogP contribution >= 0.6 is 10.8 Å². The fourth-order valence-electron chi connectivity index (χ4n) is 4.54. The third-order valence-electron chi connectivity index (χ3n) is 6.38. The number of β-amino-alcohol motifs (C(OH)–C–C–N with tert-alkyl or cyclic N) is 1. The second-order valence-electron chi connectivity index (χ2n) is 9.08. The summed E-state index contributed by atoms with van der Waals surface area (Å²) in [4.78, 5) is 17.4. The van der Waals surface area contributed by atoms with Gasteiger partial charge in [-0.2, -0.15) is 0 Å². The van der Waals surface area contributed by atoms with Gasteiger partial charge in [0.15, 0.2) is 0 Å². The molecule has 7 nitrogen and oxygen atoms in total. The summed E-state index contributed by atoms with van der Waals surface area (Å²) in [6, 6.07) is 13.4. The molecule has 4 rings (SSSR count). The molecule has 4 N–H and O–H groups in total. The van der Waals surface area contributed by atoms with Crippen molar-refractivity contribution in [1.82, 2.24) is 9.80 Å². The van der Waals surface area contributed by atoms with Gasteiger partial charge < -0.3 is 10.0 Å². The Morgan fingerprint density at radius 2 is 2.12 bits per heavy atom. The molecule has 2 atom stereocenters. The van der Waals surface area contributed by atoms with Gasteiger partial charge in [0.05, 0.1) is 30.0 Å². The zero-order chi connectivity index (χ0) is 24.3. The van der Waals surface area contributed by atoms with E-state index in [0.29, 0.717) is 18.8 Å². The van der Waals surface area contributed by atoms with Gasteiger partial charge in [-0.3, -0.25) is 23.5 Å². The van der Waals surface area contributed by atoms with Gasteiger partial charge in [-0.25, -0.2) is 0 Å². The van der Waals surface area contributed by atoms with Crippen molar-refractivity contribution in [2.45, 2.75) is 44.1 Å². The molecule has 182 valence electrons. The van der Waals surface area contributed by atoms with E-state index in [0.717, 1.165) is 41.6 Å². The topological polar surface area (TPSA) is 96.3 Å². The van der Waals surface area contributed by atoms with E-state index in [1.54, 1.807) is 4.90 Å². The Bertz CT molecular complexity index is 1110. The number of likely N-dealkylation sites (N-methyl/N-ethyl adjacent to an activating group) is 1. The molecule has 34 heavy (non-hydrogen) atoms. The summed E-state index contributed by atoms with van der Waals surface area (Å²) in [7, 11) is -1.00. The zero-order valence-electron chi connectivity index (χ0n) is 19.7. The Labute approximate surface area is 203 Å². The van der Waals surface area contributed by atoms with Gasteiger partial charge in [0.1, 0.15) is 0 Å². The van der Waals surface area contributed by atoms with E-state index in [-0.39, 0.29) is 30.2 Å². The maximum absolute atomic E-state index is 13.4. The van der Waals surface area contributed by atoms with E-state index in [9.17, 15) is 19.0 Å². The largest absolute Gasteiger partial charge is 0.392 e. The van der Waals surface area contributed by atoms with Gasteiger partial charge in [0, 0.05) is 38.7 Å². The first-order chi connectivity index (χ1) is 16.2. The molecule has 0 radical (unpaired) electrons. The first-order valence-electron chi connectivity index (χ1n) is 11.6. The highest BCUT2D eigenvalue weighted by Crippen LogP contribution is 2.50. The lowest BCUT2D eigenvalue weighted by molar-refractivity contribution is -0.131. The predicted octanol–water partition coefficient (Wildman–Crippen LogP) is 3.85. The van der Waals surface area contributed by atoms with Crippen LogP contribution in [0.15, 0.2) is 42.5 Å². The number of benzene rings is 2. The lowest BCUT2D eigenvalue weighted by atomic mass is 10.0. The van der Waals surface area contributed by atoms with E-state index in [1.807, 2.05) is 56.4 Å². The number of carbonyl (C=O) groups is 1. The van der Waals surface area contributed by atoms with Crippen molar-refractivity contribution in [3.8, 4) is 11.8 Å². The number of nitrogens with one attached hydrogen (secondary N) is 1. The maximum Gasteiger partial charge on any atom is 0.227 e. The number of hydrogen-bond donors (Lipinski definition) is 4. The van der Waals surface area contributed by atoms with Crippen LogP contribution in [0.2, 0.25) is 0 Å². The van der Waals surface area contributed by atoms with E-state index in [2.05, 4.69) is 21.5 Å². The summed E-state index contributed by atoms with van der Waals surface area (Å²) < 4.78 is 22.6. The second-order valence-corrected chi connectivity index (χ2v) is 10.9. The molecule has 2 aromatic carbocycles. The summed E-state index contributed by atoms with van der Waals surface area (Å²) in [6.45, 7) is 4.06. The summed E-state index contributed by atoms with van der Waals surface area (Å²) in [5, 5.41) is 10.0. The number of aliphatic hydroxyl groups excluding tert-OH is 1. The van der Waals surface area contributed by atoms with Gasteiger partial charge in [0.2, 0.25) is 5.91 Å². The molecular weight excluding hydrogens is 450 g/mol. The summed E-state index contributed by atoms with van der Waals surface area (Å²) in [6.07, 6.45) is 1.41. The van der Waals surface area contributed by atoms with E-state index >= 15 is 0 Å². The van der Waals surface area contributed by atoms with Crippen LogP contribution in [0.4, 0.5) is 5.69 Å². The van der Waals surface area contributed by atoms with Crippen molar-refractivity contribution < 1.29 is 19.0 Å². The van der Waals surface area contributed by atoms with Crippen molar-refractivity contribution in [2.75, 3.05) is 31.4 Å². The minimum atomic E-state index is -2.83. The number of fused-ring (bicyclic) bond motifs is 1. The van der Waals surface area contributed by atoms with Crippen LogP contribution in [0.25, 0.3) is 0 Å². The van der Waals surface area contributed by atoms with Crippen LogP contribution in [0.3, 0.4) is 0 Å². The Kier molecular flexibility index (Phi) is 7.51. The fourth-order valence-corrected chi connectivity index (χ4v) is 5.84. The predicted molar refractivity (Wildman–Crippen MR) is 137 cm³/mol. The van der Waals surface area contributed by atoms with Crippen LogP contribution in [0, 0.1) is 11.8 Å². The molecule has 8 heteroatoms. The number of aliphatic hydroxyl groups is 1. The highest BCUT2D eigenvalue weighted by molar-refractivity contribution is 8.25. The summed E-state index contributed by atoms with van der Waals surface area (Å²) in [5.74, 6) is 6.45. The third kappa shape index (κ3) is 5.93. The molecule has 0 aliphatic carbocycles. The van der Waals surface area contributed by atoms with Crippen molar-refractivity contribution in [2.24, 2.45) is 0 Å².